The van der Waals surface area contributed by atoms with Crippen LogP contribution in [-0.4, -0.2) is 5.91 Å². The van der Waals surface area contributed by atoms with E-state index in [1.807, 2.05) is 18.2 Å². The lowest BCUT2D eigenvalue weighted by Gasteiger charge is -2.04. The fraction of sp³-hybridized carbons (Fsp3) is 0. The zero-order chi connectivity index (χ0) is 15.9. The molecule has 0 bridgehead atoms. The SMILES string of the molecule is N#C/C(=C\c1ccc(C#N)cc1)C(=O)Nc1cccc(Br)c1. The van der Waals surface area contributed by atoms with Crippen LogP contribution in [-0.2, 0) is 4.79 Å². The highest BCUT2D eigenvalue weighted by Gasteiger charge is 2.09. The molecule has 2 rings (SSSR count). The molecule has 0 radical (unpaired) electrons. The van der Waals surface area contributed by atoms with Gasteiger partial charge >= 0.3 is 0 Å². The highest BCUT2D eigenvalue weighted by Crippen LogP contribution is 2.17. The van der Waals surface area contributed by atoms with Gasteiger partial charge in [-0.2, -0.15) is 10.5 Å². The molecule has 22 heavy (non-hydrogen) atoms. The van der Waals surface area contributed by atoms with E-state index in [-0.39, 0.29) is 5.57 Å². The van der Waals surface area contributed by atoms with Crippen LogP contribution in [0, 0.1) is 22.7 Å². The van der Waals surface area contributed by atoms with Gasteiger partial charge in [-0.25, -0.2) is 0 Å². The average molecular weight is 352 g/mol. The second-order valence-corrected chi connectivity index (χ2v) is 5.28. The van der Waals surface area contributed by atoms with Gasteiger partial charge in [0.05, 0.1) is 11.6 Å². The van der Waals surface area contributed by atoms with E-state index in [2.05, 4.69) is 21.2 Å². The van der Waals surface area contributed by atoms with Crippen molar-refractivity contribution in [2.75, 3.05) is 5.32 Å². The molecular formula is C17H10BrN3O. The number of anilines is 1. The smallest absolute Gasteiger partial charge is 0.266 e. The number of nitrogens with zero attached hydrogens (tertiary/aromatic N) is 2. The Morgan fingerprint density at radius 3 is 2.45 bits per heavy atom. The maximum absolute atomic E-state index is 12.1. The van der Waals surface area contributed by atoms with E-state index in [0.29, 0.717) is 16.8 Å². The first kappa shape index (κ1) is 15.5. The van der Waals surface area contributed by atoms with E-state index >= 15 is 0 Å². The summed E-state index contributed by atoms with van der Waals surface area (Å²) in [6.45, 7) is 0. The number of nitrogens with one attached hydrogen (secondary N) is 1. The van der Waals surface area contributed by atoms with Crippen molar-refractivity contribution in [1.82, 2.24) is 0 Å². The average Bonchev–Trinajstić information content (AvgIpc) is 2.53. The van der Waals surface area contributed by atoms with Gasteiger partial charge in [-0.3, -0.25) is 4.79 Å². The fourth-order valence-corrected chi connectivity index (χ4v) is 2.13. The molecule has 106 valence electrons. The van der Waals surface area contributed by atoms with Gasteiger partial charge < -0.3 is 5.32 Å². The summed E-state index contributed by atoms with van der Waals surface area (Å²) >= 11 is 3.32. The number of halogens is 1. The minimum atomic E-state index is -0.482. The van der Waals surface area contributed by atoms with Gasteiger partial charge in [0, 0.05) is 10.2 Å². The molecule has 0 saturated carbocycles. The van der Waals surface area contributed by atoms with Crippen LogP contribution in [0.25, 0.3) is 6.08 Å². The van der Waals surface area contributed by atoms with Crippen LogP contribution in [0.1, 0.15) is 11.1 Å². The summed E-state index contributed by atoms with van der Waals surface area (Å²) in [6.07, 6.45) is 1.48. The van der Waals surface area contributed by atoms with E-state index in [0.717, 1.165) is 4.47 Å². The summed E-state index contributed by atoms with van der Waals surface area (Å²) in [5.74, 6) is -0.482. The Bertz CT molecular complexity index is 811. The van der Waals surface area contributed by atoms with Crippen molar-refractivity contribution in [1.29, 1.82) is 10.5 Å². The van der Waals surface area contributed by atoms with Crippen molar-refractivity contribution >= 4 is 33.6 Å². The number of nitriles is 2. The number of amides is 1. The molecule has 0 aromatic heterocycles. The molecule has 1 N–H and O–H groups in total. The van der Waals surface area contributed by atoms with Crippen molar-refractivity contribution in [2.24, 2.45) is 0 Å². The van der Waals surface area contributed by atoms with Crippen LogP contribution in [0.3, 0.4) is 0 Å². The molecule has 2 aromatic rings. The lowest BCUT2D eigenvalue weighted by Crippen LogP contribution is -2.13. The zero-order valence-corrected chi connectivity index (χ0v) is 13.0. The molecule has 0 aliphatic carbocycles. The van der Waals surface area contributed by atoms with E-state index in [1.54, 1.807) is 42.5 Å². The van der Waals surface area contributed by atoms with Crippen molar-refractivity contribution < 1.29 is 4.79 Å². The molecule has 0 aliphatic rings. The van der Waals surface area contributed by atoms with E-state index < -0.39 is 5.91 Å². The van der Waals surface area contributed by atoms with Crippen LogP contribution in [0.15, 0.2) is 58.6 Å². The van der Waals surface area contributed by atoms with Crippen molar-refractivity contribution in [3.8, 4) is 12.1 Å². The topological polar surface area (TPSA) is 76.7 Å². The molecule has 1 amide bonds. The van der Waals surface area contributed by atoms with Crippen LogP contribution < -0.4 is 5.32 Å². The third-order valence-corrected chi connectivity index (χ3v) is 3.29. The first-order valence-electron chi connectivity index (χ1n) is 6.31. The van der Waals surface area contributed by atoms with Gasteiger partial charge in [-0.1, -0.05) is 34.1 Å². The number of benzene rings is 2. The molecule has 0 atom stereocenters. The quantitative estimate of drug-likeness (QED) is 0.673. The summed E-state index contributed by atoms with van der Waals surface area (Å²) in [7, 11) is 0. The molecule has 0 aliphatic heterocycles. The van der Waals surface area contributed by atoms with Gasteiger partial charge in [0.15, 0.2) is 0 Å². The summed E-state index contributed by atoms with van der Waals surface area (Å²) < 4.78 is 0.833. The Morgan fingerprint density at radius 1 is 1.14 bits per heavy atom. The molecule has 0 spiro atoms. The summed E-state index contributed by atoms with van der Waals surface area (Å²) in [6, 6.07) is 17.6. The summed E-state index contributed by atoms with van der Waals surface area (Å²) in [4.78, 5) is 12.1. The summed E-state index contributed by atoms with van der Waals surface area (Å²) in [5, 5.41) is 20.6. The van der Waals surface area contributed by atoms with E-state index in [9.17, 15) is 4.79 Å². The number of carbonyl (C=O) groups excluding carboxylic acids is 1. The molecule has 0 fully saturated rings. The molecule has 2 aromatic carbocycles. The monoisotopic (exact) mass is 351 g/mol. The highest BCUT2D eigenvalue weighted by atomic mass is 79.9. The van der Waals surface area contributed by atoms with Gasteiger partial charge in [0.2, 0.25) is 0 Å². The minimum Gasteiger partial charge on any atom is -0.321 e. The Kier molecular flexibility index (Phi) is 5.08. The Morgan fingerprint density at radius 2 is 1.86 bits per heavy atom. The standard InChI is InChI=1S/C17H10BrN3O/c18-15-2-1-3-16(9-15)21-17(22)14(11-20)8-12-4-6-13(10-19)7-5-12/h1-9H,(H,21,22)/b14-8+. The van der Waals surface area contributed by atoms with Gasteiger partial charge in [0.25, 0.3) is 5.91 Å². The molecule has 4 nitrogen and oxygen atoms in total. The number of carbonyl (C=O) groups is 1. The highest BCUT2D eigenvalue weighted by molar-refractivity contribution is 9.10. The van der Waals surface area contributed by atoms with Crippen molar-refractivity contribution in [3.63, 3.8) is 0 Å². The Hall–Kier alpha value is -2.89. The first-order chi connectivity index (χ1) is 10.6. The van der Waals surface area contributed by atoms with E-state index in [1.165, 1.54) is 6.08 Å². The lowest BCUT2D eigenvalue weighted by molar-refractivity contribution is -0.112. The van der Waals surface area contributed by atoms with Crippen LogP contribution >= 0.6 is 15.9 Å². The maximum Gasteiger partial charge on any atom is 0.266 e. The Labute approximate surface area is 136 Å². The van der Waals surface area contributed by atoms with Gasteiger partial charge in [0.1, 0.15) is 11.6 Å². The molecule has 0 heterocycles. The maximum atomic E-state index is 12.1. The predicted molar refractivity (Wildman–Crippen MR) is 87.5 cm³/mol. The number of hydrogen-bond acceptors (Lipinski definition) is 3. The molecule has 0 unspecified atom stereocenters. The zero-order valence-electron chi connectivity index (χ0n) is 11.4. The van der Waals surface area contributed by atoms with Crippen LogP contribution in [0.2, 0.25) is 0 Å². The first-order valence-corrected chi connectivity index (χ1v) is 7.10. The van der Waals surface area contributed by atoms with Gasteiger partial charge in [-0.15, -0.1) is 0 Å². The van der Waals surface area contributed by atoms with Crippen molar-refractivity contribution in [3.05, 3.63) is 69.7 Å². The lowest BCUT2D eigenvalue weighted by atomic mass is 10.1. The fourth-order valence-electron chi connectivity index (χ4n) is 1.73. The molecule has 5 heteroatoms. The molecule has 0 saturated heterocycles. The molecular weight excluding hydrogens is 342 g/mol. The third-order valence-electron chi connectivity index (χ3n) is 2.80. The predicted octanol–water partition coefficient (Wildman–Crippen LogP) is 3.87. The Balaban J connectivity index is 2.20. The normalized spacial score (nSPS) is 10.4. The van der Waals surface area contributed by atoms with Crippen LogP contribution in [0.4, 0.5) is 5.69 Å². The largest absolute Gasteiger partial charge is 0.321 e. The number of rotatable bonds is 3. The minimum absolute atomic E-state index is 0.00955. The van der Waals surface area contributed by atoms with Gasteiger partial charge in [-0.05, 0) is 42.0 Å². The van der Waals surface area contributed by atoms with Crippen LogP contribution in [0.5, 0.6) is 0 Å². The van der Waals surface area contributed by atoms with E-state index in [4.69, 9.17) is 10.5 Å². The van der Waals surface area contributed by atoms with Crippen molar-refractivity contribution in [2.45, 2.75) is 0 Å². The number of hydrogen-bond donors (Lipinski definition) is 1. The summed E-state index contributed by atoms with van der Waals surface area (Å²) in [5.41, 5.74) is 1.79. The second-order valence-electron chi connectivity index (χ2n) is 4.37. The second kappa shape index (κ2) is 7.21. The third kappa shape index (κ3) is 4.05.